The summed E-state index contributed by atoms with van der Waals surface area (Å²) in [7, 11) is 0. The average molecular weight is 423 g/mol. The predicted octanol–water partition coefficient (Wildman–Crippen LogP) is 5.69. The van der Waals surface area contributed by atoms with E-state index < -0.39 is 0 Å². The van der Waals surface area contributed by atoms with E-state index in [9.17, 15) is 0 Å². The number of benzene rings is 1. The first-order valence-corrected chi connectivity index (χ1v) is 10.9. The number of rotatable bonds is 10. The van der Waals surface area contributed by atoms with Crippen LogP contribution in [-0.4, -0.2) is 32.8 Å². The topological polar surface area (TPSA) is 54.2 Å². The normalized spacial score (nSPS) is 12.2. The van der Waals surface area contributed by atoms with Crippen LogP contribution in [0.3, 0.4) is 0 Å². The van der Waals surface area contributed by atoms with Crippen LogP contribution < -0.4 is 5.32 Å². The second-order valence-electron chi connectivity index (χ2n) is 7.33. The molecule has 1 aromatic heterocycles. The van der Waals surface area contributed by atoms with Gasteiger partial charge in [0, 0.05) is 23.2 Å². The van der Waals surface area contributed by atoms with Crippen molar-refractivity contribution in [1.29, 1.82) is 0 Å². The molecule has 0 saturated heterocycles. The van der Waals surface area contributed by atoms with Crippen LogP contribution in [-0.2, 0) is 6.54 Å². The molecular formula is C21H31ClN4OS. The molecule has 0 bridgehead atoms. The lowest BCUT2D eigenvalue weighted by Crippen LogP contribution is -2.44. The Labute approximate surface area is 178 Å². The molecule has 154 valence electrons. The van der Waals surface area contributed by atoms with Crippen molar-refractivity contribution in [3.63, 3.8) is 0 Å². The van der Waals surface area contributed by atoms with Gasteiger partial charge in [-0.3, -0.25) is 0 Å². The zero-order chi connectivity index (χ0) is 20.5. The van der Waals surface area contributed by atoms with Crippen LogP contribution in [0.1, 0.15) is 59.3 Å². The first-order valence-electron chi connectivity index (χ1n) is 10.1. The summed E-state index contributed by atoms with van der Waals surface area (Å²) < 4.78 is 5.85. The van der Waals surface area contributed by atoms with Crippen molar-refractivity contribution < 1.29 is 4.42 Å². The SMILES string of the molecule is CCCC[C@@H](CC)CNC(=S)N(Cc1nnc(-c2ccc(Cl)cc2)o1)C(C)C. The highest BCUT2D eigenvalue weighted by Crippen LogP contribution is 2.21. The molecule has 7 heteroatoms. The maximum absolute atomic E-state index is 5.94. The zero-order valence-electron chi connectivity index (χ0n) is 17.2. The smallest absolute Gasteiger partial charge is 0.247 e. The van der Waals surface area contributed by atoms with Crippen molar-refractivity contribution in [2.24, 2.45) is 5.92 Å². The quantitative estimate of drug-likeness (QED) is 0.496. The van der Waals surface area contributed by atoms with E-state index in [4.69, 9.17) is 28.2 Å². The average Bonchev–Trinajstić information content (AvgIpc) is 3.15. The number of hydrogen-bond acceptors (Lipinski definition) is 4. The van der Waals surface area contributed by atoms with Crippen molar-refractivity contribution in [2.75, 3.05) is 6.54 Å². The van der Waals surface area contributed by atoms with Gasteiger partial charge in [0.15, 0.2) is 5.11 Å². The van der Waals surface area contributed by atoms with E-state index in [-0.39, 0.29) is 6.04 Å². The number of nitrogens with one attached hydrogen (secondary N) is 1. The highest BCUT2D eigenvalue weighted by Gasteiger charge is 2.19. The Hall–Kier alpha value is -1.66. The Morgan fingerprint density at radius 3 is 2.54 bits per heavy atom. The fraction of sp³-hybridized carbons (Fsp3) is 0.571. The lowest BCUT2D eigenvalue weighted by molar-refractivity contribution is 0.298. The number of nitrogens with zero attached hydrogens (tertiary/aromatic N) is 3. The third kappa shape index (κ3) is 6.74. The third-order valence-corrected chi connectivity index (χ3v) is 5.46. The third-order valence-electron chi connectivity index (χ3n) is 4.83. The van der Waals surface area contributed by atoms with Crippen LogP contribution in [0.5, 0.6) is 0 Å². The summed E-state index contributed by atoms with van der Waals surface area (Å²) >= 11 is 11.6. The molecule has 1 N–H and O–H groups in total. The molecule has 1 atom stereocenters. The van der Waals surface area contributed by atoms with E-state index >= 15 is 0 Å². The van der Waals surface area contributed by atoms with Gasteiger partial charge >= 0.3 is 0 Å². The molecule has 5 nitrogen and oxygen atoms in total. The van der Waals surface area contributed by atoms with Crippen LogP contribution in [0, 0.1) is 5.92 Å². The standard InChI is InChI=1S/C21H31ClN4OS/c1-5-7-8-16(6-2)13-23-21(28)26(15(3)4)14-19-24-25-20(27-19)17-9-11-18(22)12-10-17/h9-12,15-16H,5-8,13-14H2,1-4H3,(H,23,28)/t16-/m1/s1. The second kappa shape index (κ2) is 11.4. The summed E-state index contributed by atoms with van der Waals surface area (Å²) in [5.41, 5.74) is 0.849. The van der Waals surface area contributed by atoms with E-state index in [0.717, 1.165) is 23.6 Å². The Morgan fingerprint density at radius 1 is 1.21 bits per heavy atom. The van der Waals surface area contributed by atoms with Gasteiger partial charge in [-0.1, -0.05) is 44.7 Å². The maximum Gasteiger partial charge on any atom is 0.247 e. The van der Waals surface area contributed by atoms with Crippen LogP contribution in [0.25, 0.3) is 11.5 Å². The number of halogens is 1. The number of unbranched alkanes of at least 4 members (excludes halogenated alkanes) is 1. The summed E-state index contributed by atoms with van der Waals surface area (Å²) in [6.45, 7) is 10.1. The minimum absolute atomic E-state index is 0.224. The van der Waals surface area contributed by atoms with Gasteiger partial charge in [0.2, 0.25) is 11.8 Å². The molecule has 28 heavy (non-hydrogen) atoms. The Morgan fingerprint density at radius 2 is 1.93 bits per heavy atom. The zero-order valence-corrected chi connectivity index (χ0v) is 18.8. The van der Waals surface area contributed by atoms with Gasteiger partial charge in [-0.2, -0.15) is 0 Å². The Balaban J connectivity index is 1.98. The molecule has 2 rings (SSSR count). The fourth-order valence-corrected chi connectivity index (χ4v) is 3.42. The summed E-state index contributed by atoms with van der Waals surface area (Å²) in [6.07, 6.45) is 4.88. The summed E-state index contributed by atoms with van der Waals surface area (Å²) in [5, 5.41) is 13.2. The molecular weight excluding hydrogens is 392 g/mol. The molecule has 1 heterocycles. The maximum atomic E-state index is 5.94. The fourth-order valence-electron chi connectivity index (χ4n) is 2.94. The van der Waals surface area contributed by atoms with Crippen molar-refractivity contribution in [3.05, 3.63) is 35.2 Å². The molecule has 0 aliphatic heterocycles. The van der Waals surface area contributed by atoms with Crippen molar-refractivity contribution >= 4 is 28.9 Å². The molecule has 0 fully saturated rings. The van der Waals surface area contributed by atoms with Gasteiger partial charge in [0.1, 0.15) is 0 Å². The molecule has 0 aliphatic carbocycles. The van der Waals surface area contributed by atoms with E-state index in [1.807, 2.05) is 24.3 Å². The summed E-state index contributed by atoms with van der Waals surface area (Å²) in [4.78, 5) is 2.08. The molecule has 2 aromatic rings. The molecule has 0 unspecified atom stereocenters. The summed E-state index contributed by atoms with van der Waals surface area (Å²) in [6, 6.07) is 7.58. The lowest BCUT2D eigenvalue weighted by atomic mass is 9.99. The van der Waals surface area contributed by atoms with Crippen LogP contribution >= 0.6 is 23.8 Å². The number of thiocarbonyl (C=S) groups is 1. The first kappa shape index (κ1) is 22.6. The molecule has 0 saturated carbocycles. The first-order chi connectivity index (χ1) is 13.4. The highest BCUT2D eigenvalue weighted by atomic mass is 35.5. The lowest BCUT2D eigenvalue weighted by Gasteiger charge is -2.29. The van der Waals surface area contributed by atoms with Gasteiger partial charge in [-0.05, 0) is 62.7 Å². The van der Waals surface area contributed by atoms with Crippen molar-refractivity contribution in [3.8, 4) is 11.5 Å². The minimum atomic E-state index is 0.224. The van der Waals surface area contributed by atoms with Gasteiger partial charge in [-0.15, -0.1) is 10.2 Å². The van der Waals surface area contributed by atoms with Crippen LogP contribution in [0.15, 0.2) is 28.7 Å². The predicted molar refractivity (Wildman–Crippen MR) is 119 cm³/mol. The molecule has 1 aromatic carbocycles. The summed E-state index contributed by atoms with van der Waals surface area (Å²) in [5.74, 6) is 1.67. The van der Waals surface area contributed by atoms with Crippen LogP contribution in [0.2, 0.25) is 5.02 Å². The van der Waals surface area contributed by atoms with E-state index in [2.05, 4.69) is 48.1 Å². The molecule has 0 radical (unpaired) electrons. The largest absolute Gasteiger partial charge is 0.419 e. The Bertz CT molecular complexity index is 732. The van der Waals surface area contributed by atoms with Gasteiger partial charge in [0.25, 0.3) is 0 Å². The minimum Gasteiger partial charge on any atom is -0.419 e. The monoisotopic (exact) mass is 422 g/mol. The van der Waals surface area contributed by atoms with Gasteiger partial charge in [0.05, 0.1) is 6.54 Å². The van der Waals surface area contributed by atoms with E-state index in [1.165, 1.54) is 19.3 Å². The number of aromatic nitrogens is 2. The molecule has 0 spiro atoms. The van der Waals surface area contributed by atoms with Crippen molar-refractivity contribution in [1.82, 2.24) is 20.4 Å². The highest BCUT2D eigenvalue weighted by molar-refractivity contribution is 7.80. The molecule has 0 aliphatic rings. The van der Waals surface area contributed by atoms with Gasteiger partial charge in [-0.25, -0.2) is 0 Å². The van der Waals surface area contributed by atoms with Gasteiger partial charge < -0.3 is 14.6 Å². The number of hydrogen-bond donors (Lipinski definition) is 1. The van der Waals surface area contributed by atoms with Crippen molar-refractivity contribution in [2.45, 2.75) is 66.0 Å². The van der Waals surface area contributed by atoms with E-state index in [0.29, 0.717) is 29.3 Å². The second-order valence-corrected chi connectivity index (χ2v) is 8.16. The Kier molecular flexibility index (Phi) is 9.19. The molecule has 0 amide bonds. The van der Waals surface area contributed by atoms with Crippen LogP contribution in [0.4, 0.5) is 0 Å². The van der Waals surface area contributed by atoms with E-state index in [1.54, 1.807) is 0 Å².